The number of aliphatic hydroxyl groups is 1. The van der Waals surface area contributed by atoms with Crippen LogP contribution in [0.4, 0.5) is 0 Å². The van der Waals surface area contributed by atoms with Crippen molar-refractivity contribution in [3.05, 3.63) is 11.4 Å². The third-order valence-electron chi connectivity index (χ3n) is 12.0. The topological polar surface area (TPSA) is 117 Å². The zero-order valence-corrected chi connectivity index (χ0v) is 39.2. The molecule has 0 aromatic rings. The SMILES string of the molecule is CCCCCCCCCOC(=O)CCCCCCCN(CCCCCCCC(=O)OC(CCCCCCCC)CCCCCCCC)CCCNC1=C(NC)C(O)C1=O. The molecule has 0 fully saturated rings. The van der Waals surface area contributed by atoms with Crippen molar-refractivity contribution in [2.24, 2.45) is 0 Å². The fourth-order valence-corrected chi connectivity index (χ4v) is 8.15. The van der Waals surface area contributed by atoms with Crippen LogP contribution in [0, 0.1) is 0 Å². The standard InChI is InChI=1S/C50H95N3O6/c1-5-8-11-14-17-26-33-43-58-45(54)37-29-22-18-24-31-40-53(42-34-39-52-48-47(51-4)49(56)50(48)57)41-32-25-19-23-30-38-46(55)59-44(35-27-20-15-12-9-6-2)36-28-21-16-13-10-7-3/h44,49,51-52,56H,5-43H2,1-4H3. The van der Waals surface area contributed by atoms with Gasteiger partial charge in [-0.3, -0.25) is 14.4 Å². The number of aliphatic hydroxyl groups excluding tert-OH is 1. The Balaban J connectivity index is 2.35. The normalized spacial score (nSPS) is 14.0. The summed E-state index contributed by atoms with van der Waals surface area (Å²) in [6.45, 7) is 11.1. The largest absolute Gasteiger partial charge is 0.466 e. The number of likely N-dealkylation sites (N-methyl/N-ethyl adjacent to an activating group) is 1. The summed E-state index contributed by atoms with van der Waals surface area (Å²) in [4.78, 5) is 39.6. The highest BCUT2D eigenvalue weighted by Crippen LogP contribution is 2.21. The maximum absolute atomic E-state index is 12.9. The number of nitrogens with zero attached hydrogens (tertiary/aromatic N) is 1. The van der Waals surface area contributed by atoms with Gasteiger partial charge >= 0.3 is 11.9 Å². The minimum atomic E-state index is -1.02. The molecule has 0 aliphatic heterocycles. The van der Waals surface area contributed by atoms with E-state index < -0.39 is 6.10 Å². The molecule has 0 aromatic carbocycles. The van der Waals surface area contributed by atoms with Gasteiger partial charge in [0.15, 0.2) is 6.10 Å². The van der Waals surface area contributed by atoms with E-state index in [1.54, 1.807) is 7.05 Å². The van der Waals surface area contributed by atoms with Crippen molar-refractivity contribution >= 4 is 17.7 Å². The highest BCUT2D eigenvalue weighted by Gasteiger charge is 2.37. The van der Waals surface area contributed by atoms with Crippen molar-refractivity contribution in [3.8, 4) is 0 Å². The Morgan fingerprint density at radius 1 is 0.576 bits per heavy atom. The average molecular weight is 834 g/mol. The van der Waals surface area contributed by atoms with Crippen molar-refractivity contribution in [3.63, 3.8) is 0 Å². The molecule has 1 rings (SSSR count). The van der Waals surface area contributed by atoms with E-state index in [4.69, 9.17) is 9.47 Å². The summed E-state index contributed by atoms with van der Waals surface area (Å²) >= 11 is 0. The molecule has 1 atom stereocenters. The first-order valence-corrected chi connectivity index (χ1v) is 25.3. The zero-order valence-electron chi connectivity index (χ0n) is 39.2. The summed E-state index contributed by atoms with van der Waals surface area (Å²) in [5.74, 6) is -0.277. The average Bonchev–Trinajstić information content (AvgIpc) is 3.23. The van der Waals surface area contributed by atoms with Crippen LogP contribution in [0.25, 0.3) is 0 Å². The van der Waals surface area contributed by atoms with E-state index in [1.165, 1.54) is 109 Å². The lowest BCUT2D eigenvalue weighted by molar-refractivity contribution is -0.150. The number of unbranched alkanes of at least 4 members (excludes halogenated alkanes) is 24. The van der Waals surface area contributed by atoms with Crippen LogP contribution in [0.1, 0.15) is 239 Å². The van der Waals surface area contributed by atoms with Gasteiger partial charge in [-0.15, -0.1) is 0 Å². The van der Waals surface area contributed by atoms with Crippen molar-refractivity contribution in [2.45, 2.75) is 251 Å². The van der Waals surface area contributed by atoms with Gasteiger partial charge in [0.05, 0.1) is 12.3 Å². The van der Waals surface area contributed by atoms with Crippen LogP contribution < -0.4 is 10.6 Å². The predicted molar refractivity (Wildman–Crippen MR) is 246 cm³/mol. The Bertz CT molecular complexity index is 1040. The van der Waals surface area contributed by atoms with E-state index in [0.29, 0.717) is 37.4 Å². The van der Waals surface area contributed by atoms with Gasteiger partial charge in [0.25, 0.3) is 0 Å². The van der Waals surface area contributed by atoms with Gasteiger partial charge < -0.3 is 30.1 Å². The predicted octanol–water partition coefficient (Wildman–Crippen LogP) is 12.0. The first-order valence-electron chi connectivity index (χ1n) is 25.3. The number of hydrogen-bond donors (Lipinski definition) is 3. The third kappa shape index (κ3) is 30.5. The maximum atomic E-state index is 12.9. The lowest BCUT2D eigenvalue weighted by Gasteiger charge is -2.29. The molecular weight excluding hydrogens is 739 g/mol. The molecule has 0 aromatic heterocycles. The fraction of sp³-hybridized carbons (Fsp3) is 0.900. The molecule has 9 heteroatoms. The molecule has 0 heterocycles. The summed E-state index contributed by atoms with van der Waals surface area (Å²) in [6.07, 6.45) is 37.7. The van der Waals surface area contributed by atoms with Gasteiger partial charge in [-0.05, 0) is 83.8 Å². The van der Waals surface area contributed by atoms with Crippen LogP contribution in [0.3, 0.4) is 0 Å². The molecule has 9 nitrogen and oxygen atoms in total. The van der Waals surface area contributed by atoms with E-state index in [2.05, 4.69) is 36.3 Å². The Kier molecular flexibility index (Phi) is 37.2. The molecule has 0 spiro atoms. The smallest absolute Gasteiger partial charge is 0.306 e. The number of carbonyl (C=O) groups excluding carboxylic acids is 3. The lowest BCUT2D eigenvalue weighted by Crippen LogP contribution is -2.47. The van der Waals surface area contributed by atoms with E-state index >= 15 is 0 Å². The number of hydrogen-bond acceptors (Lipinski definition) is 9. The molecule has 1 aliphatic rings. The molecule has 0 bridgehead atoms. The summed E-state index contributed by atoms with van der Waals surface area (Å²) in [5.41, 5.74) is 1.10. The quantitative estimate of drug-likeness (QED) is 0.0407. The summed E-state index contributed by atoms with van der Waals surface area (Å²) in [6, 6.07) is 0. The lowest BCUT2D eigenvalue weighted by atomic mass is 9.95. The number of rotatable bonds is 45. The monoisotopic (exact) mass is 834 g/mol. The van der Waals surface area contributed by atoms with Crippen LogP contribution in [0.15, 0.2) is 11.4 Å². The van der Waals surface area contributed by atoms with Crippen LogP contribution >= 0.6 is 0 Å². The molecule has 1 aliphatic carbocycles. The van der Waals surface area contributed by atoms with Crippen LogP contribution in [-0.4, -0.2) is 79.8 Å². The Hall–Kier alpha value is -2.13. The second-order valence-corrected chi connectivity index (χ2v) is 17.5. The number of nitrogens with one attached hydrogen (secondary N) is 2. The van der Waals surface area contributed by atoms with Gasteiger partial charge in [-0.1, -0.05) is 162 Å². The highest BCUT2D eigenvalue weighted by molar-refractivity contribution is 6.07. The third-order valence-corrected chi connectivity index (χ3v) is 12.0. The first-order chi connectivity index (χ1) is 28.9. The number of ether oxygens (including phenoxy) is 2. The molecule has 0 radical (unpaired) electrons. The minimum absolute atomic E-state index is 0.00111. The van der Waals surface area contributed by atoms with Crippen molar-refractivity contribution in [1.82, 2.24) is 15.5 Å². The molecule has 1 unspecified atom stereocenters. The van der Waals surface area contributed by atoms with E-state index in [9.17, 15) is 19.5 Å². The number of Topliss-reactive ketones (excluding diaryl/α,β-unsaturated/α-hetero) is 1. The Morgan fingerprint density at radius 2 is 1.00 bits per heavy atom. The maximum Gasteiger partial charge on any atom is 0.306 e. The molecular formula is C50H95N3O6. The Labute approximate surface area is 363 Å². The Morgan fingerprint density at radius 3 is 1.51 bits per heavy atom. The number of ketones is 1. The van der Waals surface area contributed by atoms with Gasteiger partial charge in [0.1, 0.15) is 11.8 Å². The second kappa shape index (κ2) is 40.0. The highest BCUT2D eigenvalue weighted by atomic mass is 16.5. The summed E-state index contributed by atoms with van der Waals surface area (Å²) < 4.78 is 11.5. The van der Waals surface area contributed by atoms with E-state index in [-0.39, 0.29) is 23.8 Å². The molecule has 0 saturated heterocycles. The molecule has 59 heavy (non-hydrogen) atoms. The van der Waals surface area contributed by atoms with E-state index in [1.807, 2.05) is 0 Å². The summed E-state index contributed by atoms with van der Waals surface area (Å²) in [7, 11) is 1.73. The molecule has 346 valence electrons. The molecule has 0 saturated carbocycles. The van der Waals surface area contributed by atoms with Crippen molar-refractivity contribution in [1.29, 1.82) is 0 Å². The number of carbonyl (C=O) groups is 3. The van der Waals surface area contributed by atoms with Crippen LogP contribution in [0.2, 0.25) is 0 Å². The van der Waals surface area contributed by atoms with Gasteiger partial charge in [-0.25, -0.2) is 0 Å². The minimum Gasteiger partial charge on any atom is -0.466 e. The fourth-order valence-electron chi connectivity index (χ4n) is 8.15. The van der Waals surface area contributed by atoms with Crippen molar-refractivity contribution in [2.75, 3.05) is 39.8 Å². The van der Waals surface area contributed by atoms with Crippen LogP contribution in [-0.2, 0) is 23.9 Å². The van der Waals surface area contributed by atoms with Gasteiger partial charge in [0, 0.05) is 26.4 Å². The molecule has 0 amide bonds. The number of esters is 2. The van der Waals surface area contributed by atoms with Gasteiger partial charge in [0.2, 0.25) is 5.78 Å². The summed E-state index contributed by atoms with van der Waals surface area (Å²) in [5, 5.41) is 16.0. The van der Waals surface area contributed by atoms with Crippen molar-refractivity contribution < 1.29 is 29.0 Å². The van der Waals surface area contributed by atoms with Crippen LogP contribution in [0.5, 0.6) is 0 Å². The first kappa shape index (κ1) is 54.9. The van der Waals surface area contributed by atoms with E-state index in [0.717, 1.165) is 116 Å². The zero-order chi connectivity index (χ0) is 43.0. The second-order valence-electron chi connectivity index (χ2n) is 17.5. The van der Waals surface area contributed by atoms with Gasteiger partial charge in [-0.2, -0.15) is 0 Å². The molecule has 3 N–H and O–H groups in total.